The highest BCUT2D eigenvalue weighted by Gasteiger charge is 2.22. The lowest BCUT2D eigenvalue weighted by molar-refractivity contribution is -0.119. The molecule has 2 aromatic carbocycles. The summed E-state index contributed by atoms with van der Waals surface area (Å²) in [5.41, 5.74) is 1.76. The van der Waals surface area contributed by atoms with Crippen LogP contribution in [0.4, 0.5) is 15.8 Å². The highest BCUT2D eigenvalue weighted by Crippen LogP contribution is 2.22. The third-order valence-corrected chi connectivity index (χ3v) is 4.94. The van der Waals surface area contributed by atoms with Crippen LogP contribution in [0.25, 0.3) is 0 Å². The molecule has 1 aliphatic heterocycles. The van der Waals surface area contributed by atoms with Crippen LogP contribution in [0.1, 0.15) is 17.3 Å². The van der Waals surface area contributed by atoms with Gasteiger partial charge in [-0.2, -0.15) is 0 Å². The topological polar surface area (TPSA) is 43.9 Å². The molecule has 27 heavy (non-hydrogen) atoms. The van der Waals surface area contributed by atoms with Crippen molar-refractivity contribution in [3.05, 3.63) is 59.9 Å². The Morgan fingerprint density at radius 2 is 1.70 bits per heavy atom. The summed E-state index contributed by atoms with van der Waals surface area (Å²) in [5, 5.41) is 0. The van der Waals surface area contributed by atoms with Gasteiger partial charge in [-0.05, 0) is 37.3 Å². The van der Waals surface area contributed by atoms with Crippen LogP contribution in [0.2, 0.25) is 0 Å². The van der Waals surface area contributed by atoms with Crippen molar-refractivity contribution in [2.24, 2.45) is 0 Å². The average Bonchev–Trinajstić information content (AvgIpc) is 2.68. The first-order valence-electron chi connectivity index (χ1n) is 9.05. The van der Waals surface area contributed by atoms with Crippen molar-refractivity contribution in [1.82, 2.24) is 4.90 Å². The maximum Gasteiger partial charge on any atom is 0.240 e. The molecule has 0 bridgehead atoms. The third kappa shape index (κ3) is 4.52. The Balaban J connectivity index is 1.56. The van der Waals surface area contributed by atoms with E-state index >= 15 is 0 Å². The van der Waals surface area contributed by atoms with Gasteiger partial charge >= 0.3 is 0 Å². The number of ketones is 1. The first-order valence-corrected chi connectivity index (χ1v) is 9.05. The zero-order valence-electron chi connectivity index (χ0n) is 15.7. The van der Waals surface area contributed by atoms with Crippen LogP contribution in [-0.4, -0.2) is 56.4 Å². The number of benzene rings is 2. The van der Waals surface area contributed by atoms with E-state index in [2.05, 4.69) is 4.90 Å². The number of carbonyl (C=O) groups excluding carboxylic acids is 2. The van der Waals surface area contributed by atoms with Gasteiger partial charge in [-0.1, -0.05) is 18.2 Å². The molecule has 1 saturated heterocycles. The van der Waals surface area contributed by atoms with Gasteiger partial charge in [0.05, 0.1) is 12.2 Å². The molecule has 1 heterocycles. The molecule has 2 aromatic rings. The highest BCUT2D eigenvalue weighted by atomic mass is 19.1. The number of likely N-dealkylation sites (N-methyl/N-ethyl adjacent to an activating group) is 1. The SMILES string of the molecule is CC(=O)c1ccc(N2CCN(CC(=O)N(C)c3ccccc3)CC2)c(F)c1. The lowest BCUT2D eigenvalue weighted by Gasteiger charge is -2.36. The first kappa shape index (κ1) is 19.0. The van der Waals surface area contributed by atoms with Gasteiger partial charge in [0.15, 0.2) is 5.78 Å². The number of nitrogens with zero attached hydrogens (tertiary/aromatic N) is 3. The third-order valence-electron chi connectivity index (χ3n) is 4.94. The first-order chi connectivity index (χ1) is 13.0. The fourth-order valence-corrected chi connectivity index (χ4v) is 3.22. The Hall–Kier alpha value is -2.73. The quantitative estimate of drug-likeness (QED) is 0.761. The predicted molar refractivity (Wildman–Crippen MR) is 105 cm³/mol. The van der Waals surface area contributed by atoms with E-state index in [0.717, 1.165) is 5.69 Å². The summed E-state index contributed by atoms with van der Waals surface area (Å²) in [5.74, 6) is -0.492. The Kier molecular flexibility index (Phi) is 5.86. The minimum Gasteiger partial charge on any atom is -0.367 e. The molecule has 1 amide bonds. The molecule has 1 fully saturated rings. The molecule has 0 atom stereocenters. The number of Topliss-reactive ketones (excluding diaryl/α,β-unsaturated/α-hetero) is 1. The standard InChI is InChI=1S/C21H24FN3O2/c1-16(26)17-8-9-20(19(22)14-17)25-12-10-24(11-13-25)15-21(27)23(2)18-6-4-3-5-7-18/h3-9,14H,10-13,15H2,1-2H3. The van der Waals surface area contributed by atoms with Crippen molar-refractivity contribution in [1.29, 1.82) is 0 Å². The molecule has 0 unspecified atom stereocenters. The van der Waals surface area contributed by atoms with Crippen molar-refractivity contribution in [2.75, 3.05) is 49.6 Å². The van der Waals surface area contributed by atoms with Gasteiger partial charge in [0.25, 0.3) is 0 Å². The second-order valence-corrected chi connectivity index (χ2v) is 6.77. The van der Waals surface area contributed by atoms with Crippen molar-refractivity contribution >= 4 is 23.1 Å². The number of para-hydroxylation sites is 1. The summed E-state index contributed by atoms with van der Waals surface area (Å²) in [6, 6.07) is 14.2. The molecule has 0 saturated carbocycles. The van der Waals surface area contributed by atoms with E-state index in [-0.39, 0.29) is 17.5 Å². The normalized spacial score (nSPS) is 14.9. The molecule has 0 N–H and O–H groups in total. The number of hydrogen-bond donors (Lipinski definition) is 0. The smallest absolute Gasteiger partial charge is 0.240 e. The van der Waals surface area contributed by atoms with Crippen molar-refractivity contribution < 1.29 is 14.0 Å². The molecule has 0 aliphatic carbocycles. The Morgan fingerprint density at radius 3 is 2.30 bits per heavy atom. The molecule has 5 nitrogen and oxygen atoms in total. The number of halogens is 1. The van der Waals surface area contributed by atoms with E-state index in [4.69, 9.17) is 0 Å². The number of piperazine rings is 1. The van der Waals surface area contributed by atoms with E-state index in [1.165, 1.54) is 13.0 Å². The van der Waals surface area contributed by atoms with Gasteiger partial charge < -0.3 is 9.80 Å². The van der Waals surface area contributed by atoms with Crippen LogP contribution >= 0.6 is 0 Å². The van der Waals surface area contributed by atoms with E-state index in [0.29, 0.717) is 44.0 Å². The monoisotopic (exact) mass is 369 g/mol. The number of rotatable bonds is 5. The molecule has 0 spiro atoms. The van der Waals surface area contributed by atoms with Gasteiger partial charge in [-0.15, -0.1) is 0 Å². The van der Waals surface area contributed by atoms with Crippen molar-refractivity contribution in [3.63, 3.8) is 0 Å². The van der Waals surface area contributed by atoms with E-state index in [1.807, 2.05) is 35.2 Å². The summed E-state index contributed by atoms with van der Waals surface area (Å²) < 4.78 is 14.3. The Bertz CT molecular complexity index is 817. The summed E-state index contributed by atoms with van der Waals surface area (Å²) in [6.45, 7) is 4.41. The molecule has 6 heteroatoms. The van der Waals surface area contributed by atoms with Gasteiger partial charge in [0, 0.05) is 44.5 Å². The summed E-state index contributed by atoms with van der Waals surface area (Å²) in [7, 11) is 1.78. The summed E-state index contributed by atoms with van der Waals surface area (Å²) in [4.78, 5) is 29.6. The highest BCUT2D eigenvalue weighted by molar-refractivity contribution is 5.94. The largest absolute Gasteiger partial charge is 0.367 e. The summed E-state index contributed by atoms with van der Waals surface area (Å²) >= 11 is 0. The van der Waals surface area contributed by atoms with E-state index < -0.39 is 0 Å². The molecule has 142 valence electrons. The van der Waals surface area contributed by atoms with Crippen LogP contribution in [0, 0.1) is 5.82 Å². The van der Waals surface area contributed by atoms with E-state index in [1.54, 1.807) is 24.1 Å². The lowest BCUT2D eigenvalue weighted by atomic mass is 10.1. The van der Waals surface area contributed by atoms with Crippen LogP contribution in [0.3, 0.4) is 0 Å². The minimum atomic E-state index is -0.379. The second-order valence-electron chi connectivity index (χ2n) is 6.77. The Labute approximate surface area is 159 Å². The minimum absolute atomic E-state index is 0.0339. The zero-order chi connectivity index (χ0) is 19.4. The predicted octanol–water partition coefficient (Wildman–Crippen LogP) is 2.81. The number of carbonyl (C=O) groups is 2. The van der Waals surface area contributed by atoms with Crippen LogP contribution in [0.5, 0.6) is 0 Å². The fourth-order valence-electron chi connectivity index (χ4n) is 3.22. The molecule has 1 aliphatic rings. The maximum atomic E-state index is 14.3. The van der Waals surface area contributed by atoms with Crippen LogP contribution in [0.15, 0.2) is 48.5 Å². The van der Waals surface area contributed by atoms with Crippen molar-refractivity contribution in [2.45, 2.75) is 6.92 Å². The van der Waals surface area contributed by atoms with Crippen LogP contribution in [-0.2, 0) is 4.79 Å². The van der Waals surface area contributed by atoms with Gasteiger partial charge in [-0.3, -0.25) is 14.5 Å². The molecule has 0 aromatic heterocycles. The van der Waals surface area contributed by atoms with E-state index in [9.17, 15) is 14.0 Å². The molecular formula is C21H24FN3O2. The average molecular weight is 369 g/mol. The number of hydrogen-bond acceptors (Lipinski definition) is 4. The van der Waals surface area contributed by atoms with Crippen LogP contribution < -0.4 is 9.80 Å². The number of anilines is 2. The van der Waals surface area contributed by atoms with Gasteiger partial charge in [-0.25, -0.2) is 4.39 Å². The molecular weight excluding hydrogens is 345 g/mol. The molecule has 0 radical (unpaired) electrons. The number of amides is 1. The zero-order valence-corrected chi connectivity index (χ0v) is 15.7. The molecule has 3 rings (SSSR count). The Morgan fingerprint density at radius 1 is 1.04 bits per heavy atom. The van der Waals surface area contributed by atoms with Crippen molar-refractivity contribution in [3.8, 4) is 0 Å². The fraction of sp³-hybridized carbons (Fsp3) is 0.333. The lowest BCUT2D eigenvalue weighted by Crippen LogP contribution is -2.50. The maximum absolute atomic E-state index is 14.3. The van der Waals surface area contributed by atoms with Gasteiger partial charge in [0.2, 0.25) is 5.91 Å². The summed E-state index contributed by atoms with van der Waals surface area (Å²) in [6.07, 6.45) is 0. The second kappa shape index (κ2) is 8.31. The van der Waals surface area contributed by atoms with Gasteiger partial charge in [0.1, 0.15) is 5.82 Å².